The van der Waals surface area contributed by atoms with E-state index in [2.05, 4.69) is 44.4 Å². The topological polar surface area (TPSA) is 30.7 Å². The van der Waals surface area contributed by atoms with E-state index in [0.29, 0.717) is 0 Å². The minimum absolute atomic E-state index is 0.815. The summed E-state index contributed by atoms with van der Waals surface area (Å²) in [7, 11) is 0. The van der Waals surface area contributed by atoms with E-state index in [9.17, 15) is 0 Å². The molecule has 4 rings (SSSR count). The van der Waals surface area contributed by atoms with E-state index in [4.69, 9.17) is 0 Å². The van der Waals surface area contributed by atoms with Crippen LogP contribution >= 0.6 is 11.3 Å². The van der Waals surface area contributed by atoms with Crippen LogP contribution in [0, 0.1) is 5.92 Å². The molecule has 3 nitrogen and oxygen atoms in total. The minimum Gasteiger partial charge on any atom is -0.246 e. The van der Waals surface area contributed by atoms with E-state index in [0.717, 1.165) is 18.3 Å². The van der Waals surface area contributed by atoms with Gasteiger partial charge in [0.2, 0.25) is 0 Å². The fourth-order valence-corrected chi connectivity index (χ4v) is 3.24. The minimum atomic E-state index is 0.815. The molecule has 18 heavy (non-hydrogen) atoms. The molecule has 4 heteroatoms. The Morgan fingerprint density at radius 2 is 2.17 bits per heavy atom. The molecule has 0 unspecified atom stereocenters. The molecule has 1 fully saturated rings. The van der Waals surface area contributed by atoms with E-state index >= 15 is 0 Å². The highest BCUT2D eigenvalue weighted by Gasteiger charge is 2.24. The van der Waals surface area contributed by atoms with Crippen LogP contribution in [0.4, 0.5) is 0 Å². The Labute approximate surface area is 109 Å². The molecular weight excluding hydrogens is 242 g/mol. The SMILES string of the molecule is c1ccc2c(-c3ncnn3CC3CC3)csc2c1. The maximum atomic E-state index is 4.45. The van der Waals surface area contributed by atoms with Gasteiger partial charge in [0, 0.05) is 27.6 Å². The Morgan fingerprint density at radius 3 is 3.06 bits per heavy atom. The van der Waals surface area contributed by atoms with Crippen LogP contribution in [0.1, 0.15) is 12.8 Å². The van der Waals surface area contributed by atoms with Crippen LogP contribution in [0.3, 0.4) is 0 Å². The van der Waals surface area contributed by atoms with E-state index in [1.54, 1.807) is 17.7 Å². The van der Waals surface area contributed by atoms with Gasteiger partial charge < -0.3 is 0 Å². The highest BCUT2D eigenvalue weighted by atomic mass is 32.1. The molecule has 0 saturated heterocycles. The first-order valence-corrected chi connectivity index (χ1v) is 7.14. The molecule has 1 aliphatic rings. The summed E-state index contributed by atoms with van der Waals surface area (Å²) in [5.74, 6) is 1.83. The molecule has 3 aromatic rings. The number of benzene rings is 1. The van der Waals surface area contributed by atoms with Crippen molar-refractivity contribution >= 4 is 21.4 Å². The van der Waals surface area contributed by atoms with Crippen LogP contribution in [-0.4, -0.2) is 14.8 Å². The smallest absolute Gasteiger partial charge is 0.159 e. The van der Waals surface area contributed by atoms with Crippen molar-refractivity contribution in [3.05, 3.63) is 36.0 Å². The molecular formula is C14H13N3S. The quantitative estimate of drug-likeness (QED) is 0.716. The Morgan fingerprint density at radius 1 is 1.28 bits per heavy atom. The van der Waals surface area contributed by atoms with Crippen LogP contribution < -0.4 is 0 Å². The summed E-state index contributed by atoms with van der Waals surface area (Å²) in [6, 6.07) is 8.49. The van der Waals surface area contributed by atoms with E-state index in [1.165, 1.54) is 28.5 Å². The molecule has 1 saturated carbocycles. The highest BCUT2D eigenvalue weighted by Crippen LogP contribution is 2.35. The largest absolute Gasteiger partial charge is 0.246 e. The van der Waals surface area contributed by atoms with Crippen LogP contribution in [0.15, 0.2) is 36.0 Å². The summed E-state index contributed by atoms with van der Waals surface area (Å²) in [4.78, 5) is 4.45. The van der Waals surface area contributed by atoms with Crippen LogP contribution in [0.25, 0.3) is 21.5 Å². The van der Waals surface area contributed by atoms with Gasteiger partial charge in [0.1, 0.15) is 6.33 Å². The molecule has 0 spiro atoms. The monoisotopic (exact) mass is 255 g/mol. The molecule has 0 atom stereocenters. The zero-order valence-corrected chi connectivity index (χ0v) is 10.7. The van der Waals surface area contributed by atoms with Crippen LogP contribution in [-0.2, 0) is 6.54 Å². The average molecular weight is 255 g/mol. The zero-order valence-electron chi connectivity index (χ0n) is 9.91. The molecule has 2 heterocycles. The van der Waals surface area contributed by atoms with Crippen LogP contribution in [0.5, 0.6) is 0 Å². The van der Waals surface area contributed by atoms with Gasteiger partial charge in [0.25, 0.3) is 0 Å². The lowest BCUT2D eigenvalue weighted by Gasteiger charge is -2.03. The number of thiophene rings is 1. The number of fused-ring (bicyclic) bond motifs is 1. The summed E-state index contributed by atoms with van der Waals surface area (Å²) in [5, 5.41) is 7.85. The van der Waals surface area contributed by atoms with Gasteiger partial charge in [-0.3, -0.25) is 0 Å². The molecule has 1 aliphatic carbocycles. The second-order valence-corrected chi connectivity index (χ2v) is 5.77. The van der Waals surface area contributed by atoms with Gasteiger partial charge in [-0.15, -0.1) is 11.3 Å². The van der Waals surface area contributed by atoms with Crippen molar-refractivity contribution < 1.29 is 0 Å². The van der Waals surface area contributed by atoms with Gasteiger partial charge in [-0.2, -0.15) is 5.10 Å². The number of hydrogen-bond acceptors (Lipinski definition) is 3. The lowest BCUT2D eigenvalue weighted by Crippen LogP contribution is -2.03. The second kappa shape index (κ2) is 3.92. The van der Waals surface area contributed by atoms with Gasteiger partial charge in [-0.1, -0.05) is 18.2 Å². The normalized spacial score (nSPS) is 15.3. The van der Waals surface area contributed by atoms with Crippen molar-refractivity contribution in [3.63, 3.8) is 0 Å². The predicted octanol–water partition coefficient (Wildman–Crippen LogP) is 3.57. The first-order valence-electron chi connectivity index (χ1n) is 6.26. The number of aromatic nitrogens is 3. The van der Waals surface area contributed by atoms with E-state index in [-0.39, 0.29) is 0 Å². The Hall–Kier alpha value is -1.68. The summed E-state index contributed by atoms with van der Waals surface area (Å²) >= 11 is 1.77. The Bertz CT molecular complexity index is 694. The highest BCUT2D eigenvalue weighted by molar-refractivity contribution is 7.17. The average Bonchev–Trinajstić information content (AvgIpc) is 2.93. The van der Waals surface area contributed by atoms with Gasteiger partial charge in [0.15, 0.2) is 5.82 Å². The Kier molecular flexibility index (Phi) is 2.23. The third-order valence-electron chi connectivity index (χ3n) is 3.47. The molecule has 2 aromatic heterocycles. The molecule has 0 radical (unpaired) electrons. The lowest BCUT2D eigenvalue weighted by molar-refractivity contribution is 0.568. The van der Waals surface area contributed by atoms with E-state index < -0.39 is 0 Å². The first kappa shape index (κ1) is 10.3. The third-order valence-corrected chi connectivity index (χ3v) is 4.43. The fraction of sp³-hybridized carbons (Fsp3) is 0.286. The zero-order chi connectivity index (χ0) is 11.9. The lowest BCUT2D eigenvalue weighted by atomic mass is 10.1. The predicted molar refractivity (Wildman–Crippen MR) is 73.6 cm³/mol. The standard InChI is InChI=1S/C14H13N3S/c1-2-4-13-11(3-1)12(8-18-13)14-15-9-16-17(14)7-10-5-6-10/h1-4,8-10H,5-7H2. The molecule has 0 N–H and O–H groups in total. The van der Waals surface area contributed by atoms with Crippen molar-refractivity contribution in [1.82, 2.24) is 14.8 Å². The maximum absolute atomic E-state index is 4.45. The van der Waals surface area contributed by atoms with Crippen molar-refractivity contribution in [2.45, 2.75) is 19.4 Å². The number of rotatable bonds is 3. The molecule has 0 bridgehead atoms. The molecule has 90 valence electrons. The van der Waals surface area contributed by atoms with Crippen molar-refractivity contribution in [1.29, 1.82) is 0 Å². The van der Waals surface area contributed by atoms with Crippen LogP contribution in [0.2, 0.25) is 0 Å². The van der Waals surface area contributed by atoms with Crippen molar-refractivity contribution in [2.75, 3.05) is 0 Å². The summed E-state index contributed by atoms with van der Waals surface area (Å²) < 4.78 is 3.38. The van der Waals surface area contributed by atoms with Crippen molar-refractivity contribution in [3.8, 4) is 11.4 Å². The summed E-state index contributed by atoms with van der Waals surface area (Å²) in [5.41, 5.74) is 1.22. The molecule has 0 aliphatic heterocycles. The maximum Gasteiger partial charge on any atom is 0.159 e. The second-order valence-electron chi connectivity index (χ2n) is 4.85. The summed E-state index contributed by atoms with van der Waals surface area (Å²) in [6.07, 6.45) is 4.34. The summed E-state index contributed by atoms with van der Waals surface area (Å²) in [6.45, 7) is 1.01. The van der Waals surface area contributed by atoms with Gasteiger partial charge >= 0.3 is 0 Å². The number of nitrogens with zero attached hydrogens (tertiary/aromatic N) is 3. The molecule has 1 aromatic carbocycles. The van der Waals surface area contributed by atoms with Crippen molar-refractivity contribution in [2.24, 2.45) is 5.92 Å². The third kappa shape index (κ3) is 1.64. The first-order chi connectivity index (χ1) is 8.92. The van der Waals surface area contributed by atoms with Gasteiger partial charge in [-0.25, -0.2) is 9.67 Å². The van der Waals surface area contributed by atoms with E-state index in [1.807, 2.05) is 0 Å². The molecule has 0 amide bonds. The van der Waals surface area contributed by atoms with Gasteiger partial charge in [-0.05, 0) is 24.8 Å². The van der Waals surface area contributed by atoms with Gasteiger partial charge in [0.05, 0.1) is 0 Å². The number of hydrogen-bond donors (Lipinski definition) is 0. The Balaban J connectivity index is 1.84. The fourth-order valence-electron chi connectivity index (χ4n) is 2.30.